The van der Waals surface area contributed by atoms with Gasteiger partial charge >= 0.3 is 12.1 Å². The normalized spacial score (nSPS) is 37.4. The molecule has 7 nitrogen and oxygen atoms in total. The van der Waals surface area contributed by atoms with Crippen LogP contribution in [0.4, 0.5) is 17.6 Å². The van der Waals surface area contributed by atoms with Gasteiger partial charge in [-0.1, -0.05) is 44.6 Å². The molecule has 0 bridgehead atoms. The monoisotopic (exact) mass is 650 g/mol. The molecular weight excluding hydrogens is 616 g/mol. The fourth-order valence-corrected chi connectivity index (χ4v) is 9.36. The van der Waals surface area contributed by atoms with Crippen LogP contribution in [-0.2, 0) is 30.1 Å². The summed E-state index contributed by atoms with van der Waals surface area (Å²) < 4.78 is 62.7. The van der Waals surface area contributed by atoms with Gasteiger partial charge in [-0.05, 0) is 56.7 Å². The Labute approximate surface area is 262 Å². The molecule has 45 heavy (non-hydrogen) atoms. The number of allylic oxidation sites excluding steroid dienone is 4. The van der Waals surface area contributed by atoms with Crippen LogP contribution >= 0.6 is 12.6 Å². The fourth-order valence-electron chi connectivity index (χ4n) is 8.84. The largest absolute Gasteiger partial charge is 0.449 e. The van der Waals surface area contributed by atoms with Crippen molar-refractivity contribution in [2.24, 2.45) is 28.6 Å². The first-order chi connectivity index (χ1) is 20.8. The molecule has 1 aromatic carbocycles. The number of fused-ring (bicyclic) bond motifs is 5. The van der Waals surface area contributed by atoms with Crippen molar-refractivity contribution in [1.82, 2.24) is 0 Å². The average molecular weight is 651 g/mol. The summed E-state index contributed by atoms with van der Waals surface area (Å²) in [5, 5.41) is 11.0. The van der Waals surface area contributed by atoms with Crippen LogP contribution in [0.2, 0.25) is 0 Å². The van der Waals surface area contributed by atoms with E-state index in [0.29, 0.717) is 17.7 Å². The zero-order valence-electron chi connectivity index (χ0n) is 25.2. The molecule has 0 aliphatic heterocycles. The minimum atomic E-state index is -4.66. The van der Waals surface area contributed by atoms with Gasteiger partial charge in [-0.25, -0.2) is 4.39 Å². The molecule has 12 heteroatoms. The van der Waals surface area contributed by atoms with Crippen molar-refractivity contribution in [2.45, 2.75) is 83.3 Å². The number of aliphatic hydroxyl groups is 1. The first-order valence-corrected chi connectivity index (χ1v) is 15.3. The van der Waals surface area contributed by atoms with Gasteiger partial charge in [0.15, 0.2) is 17.1 Å². The van der Waals surface area contributed by atoms with E-state index in [2.05, 4.69) is 12.6 Å². The Morgan fingerprint density at radius 1 is 1.07 bits per heavy atom. The van der Waals surface area contributed by atoms with Crippen LogP contribution in [0.1, 0.15) is 75.7 Å². The number of alkyl halides is 4. The van der Waals surface area contributed by atoms with E-state index in [1.807, 2.05) is 0 Å². The van der Waals surface area contributed by atoms with Crippen LogP contribution in [0.25, 0.3) is 0 Å². The zero-order chi connectivity index (χ0) is 33.5. The summed E-state index contributed by atoms with van der Waals surface area (Å²) >= 11 is 4.12. The summed E-state index contributed by atoms with van der Waals surface area (Å²) in [5.41, 5.74) is -8.82. The number of halogens is 4. The van der Waals surface area contributed by atoms with Crippen molar-refractivity contribution in [3.05, 3.63) is 58.7 Å². The minimum absolute atomic E-state index is 0.0116. The number of rotatable bonds is 6. The van der Waals surface area contributed by atoms with Gasteiger partial charge in [-0.3, -0.25) is 24.0 Å². The van der Waals surface area contributed by atoms with Gasteiger partial charge < -0.3 is 9.84 Å². The second-order valence-corrected chi connectivity index (χ2v) is 13.6. The van der Waals surface area contributed by atoms with Gasteiger partial charge in [0.05, 0.1) is 17.2 Å². The van der Waals surface area contributed by atoms with Gasteiger partial charge in [0.1, 0.15) is 0 Å². The van der Waals surface area contributed by atoms with Crippen molar-refractivity contribution >= 4 is 41.1 Å². The predicted octanol–water partition coefficient (Wildman–Crippen LogP) is 5.59. The van der Waals surface area contributed by atoms with E-state index in [1.54, 1.807) is 20.8 Å². The number of carbonyl (C=O) groups is 5. The molecule has 1 N–H and O–H groups in total. The molecule has 3 saturated carbocycles. The van der Waals surface area contributed by atoms with Gasteiger partial charge in [-0.2, -0.15) is 13.2 Å². The molecule has 0 aromatic heterocycles. The van der Waals surface area contributed by atoms with E-state index in [-0.39, 0.29) is 37.7 Å². The van der Waals surface area contributed by atoms with E-state index < -0.39 is 91.7 Å². The summed E-state index contributed by atoms with van der Waals surface area (Å²) in [6.07, 6.45) is -3.85. The van der Waals surface area contributed by atoms with Crippen molar-refractivity contribution in [2.75, 3.05) is 0 Å². The number of hydrogen-bond donors (Lipinski definition) is 2. The lowest BCUT2D eigenvalue weighted by Crippen LogP contribution is -2.69. The Kier molecular flexibility index (Phi) is 7.92. The molecule has 0 radical (unpaired) electrons. The second kappa shape index (κ2) is 10.7. The van der Waals surface area contributed by atoms with Crippen LogP contribution in [-0.4, -0.2) is 50.9 Å². The maximum atomic E-state index is 17.9. The third-order valence-corrected chi connectivity index (χ3v) is 11.4. The molecule has 0 saturated heterocycles. The van der Waals surface area contributed by atoms with E-state index in [9.17, 15) is 42.3 Å². The second-order valence-electron chi connectivity index (χ2n) is 13.2. The third kappa shape index (κ3) is 4.52. The Hall–Kier alpha value is -3.12. The highest BCUT2D eigenvalue weighted by molar-refractivity contribution is 7.96. The van der Waals surface area contributed by atoms with E-state index in [4.69, 9.17) is 4.74 Å². The van der Waals surface area contributed by atoms with Crippen molar-refractivity contribution in [1.29, 1.82) is 0 Å². The number of benzene rings is 1. The number of carbonyl (C=O) groups excluding carboxylic acids is 5. The number of Topliss-reactive ketones (excluding diaryl/α,β-unsaturated/α-hetero) is 2. The van der Waals surface area contributed by atoms with Gasteiger partial charge in [0.25, 0.3) is 0 Å². The maximum Gasteiger partial charge on any atom is 0.416 e. The van der Waals surface area contributed by atoms with Gasteiger partial charge in [-0.15, -0.1) is 12.6 Å². The topological polar surface area (TPSA) is 115 Å². The van der Waals surface area contributed by atoms with E-state index >= 15 is 4.39 Å². The SMILES string of the molecule is CCC(=O)O[C@]1(C(=O)S)[C@@H](C)C[C@H]2[C@@H]3CCC4=CC(=O)C(C(=O)C(=O)c5ccc(C(F)(F)F)cc5)=C[C@]4(C)[C@@]3(F)[C@@H](O)C[C@@]21C. The van der Waals surface area contributed by atoms with Crippen molar-refractivity contribution in [3.8, 4) is 0 Å². The maximum absolute atomic E-state index is 17.9. The molecule has 242 valence electrons. The molecule has 0 spiro atoms. The number of hydrogen-bond acceptors (Lipinski definition) is 7. The highest BCUT2D eigenvalue weighted by Gasteiger charge is 2.77. The summed E-state index contributed by atoms with van der Waals surface area (Å²) in [5.74, 6) is -6.05. The predicted molar refractivity (Wildman–Crippen MR) is 156 cm³/mol. The summed E-state index contributed by atoms with van der Waals surface area (Å²) in [6, 6.07) is 2.95. The molecule has 3 fully saturated rings. The number of ether oxygens (including phenoxy) is 1. The van der Waals surface area contributed by atoms with E-state index in [1.165, 1.54) is 6.92 Å². The van der Waals surface area contributed by atoms with E-state index in [0.717, 1.165) is 24.3 Å². The lowest BCUT2D eigenvalue weighted by Gasteiger charge is -2.62. The molecule has 0 heterocycles. The minimum Gasteiger partial charge on any atom is -0.449 e. The molecule has 5 rings (SSSR count). The zero-order valence-corrected chi connectivity index (χ0v) is 26.1. The van der Waals surface area contributed by atoms with Crippen molar-refractivity contribution < 1.29 is 51.4 Å². The molecule has 8 atom stereocenters. The Balaban J connectivity index is 1.55. The average Bonchev–Trinajstić information content (AvgIpc) is 3.19. The lowest BCUT2D eigenvalue weighted by atomic mass is 9.44. The molecule has 4 aliphatic rings. The van der Waals surface area contributed by atoms with Gasteiger partial charge in [0.2, 0.25) is 16.7 Å². The highest BCUT2D eigenvalue weighted by Crippen LogP contribution is 2.71. The summed E-state index contributed by atoms with van der Waals surface area (Å²) in [4.78, 5) is 65.2. The molecule has 0 unspecified atom stereocenters. The Morgan fingerprint density at radius 3 is 2.24 bits per heavy atom. The van der Waals surface area contributed by atoms with Crippen molar-refractivity contribution in [3.63, 3.8) is 0 Å². The van der Waals surface area contributed by atoms with Crippen LogP contribution in [0.15, 0.2) is 47.6 Å². The molecule has 1 aromatic rings. The van der Waals surface area contributed by atoms with Crippen LogP contribution in [0, 0.1) is 28.6 Å². The number of aliphatic hydroxyl groups excluding tert-OH is 1. The number of ketones is 3. The first-order valence-electron chi connectivity index (χ1n) is 14.9. The molecular formula is C33H34F4O7S. The molecule has 4 aliphatic carbocycles. The Morgan fingerprint density at radius 2 is 1.69 bits per heavy atom. The lowest BCUT2D eigenvalue weighted by molar-refractivity contribution is -0.225. The smallest absolute Gasteiger partial charge is 0.416 e. The van der Waals surface area contributed by atoms with Crippen LogP contribution < -0.4 is 0 Å². The first kappa shape index (κ1) is 33.2. The molecule has 0 amide bonds. The van der Waals surface area contributed by atoms with Crippen LogP contribution in [0.5, 0.6) is 0 Å². The highest BCUT2D eigenvalue weighted by atomic mass is 32.1. The number of thiol groups is 1. The van der Waals surface area contributed by atoms with Gasteiger partial charge in [0, 0.05) is 34.7 Å². The fraction of sp³-hybridized carbons (Fsp3) is 0.545. The standard InChI is InChI=1S/C33H34F4O7S/c1-5-25(40)44-32(28(43)45)16(2)12-22-21-11-10-19-13-23(38)20(14-29(19,3)31(21,34)24(39)15-30(22,32)4)27(42)26(41)17-6-8-18(9-7-17)33(35,36)37/h6-9,13-14,16,21-22,24,39H,5,10-12,15H2,1-4H3,(H,43,45)/t16-,21-,22-,24-,29-,30-,31-,32-/m0/s1. The summed E-state index contributed by atoms with van der Waals surface area (Å²) in [7, 11) is 0. The Bertz CT molecular complexity index is 1570. The van der Waals surface area contributed by atoms with Crippen LogP contribution in [0.3, 0.4) is 0 Å². The number of esters is 1. The quantitative estimate of drug-likeness (QED) is 0.103. The summed E-state index contributed by atoms with van der Waals surface area (Å²) in [6.45, 7) is 6.46. The third-order valence-electron chi connectivity index (χ3n) is 11.1.